The van der Waals surface area contributed by atoms with Crippen LogP contribution in [0.25, 0.3) is 10.9 Å². The number of carbonyl (C=O) groups excluding carboxylic acids is 1. The van der Waals surface area contributed by atoms with E-state index in [1.165, 1.54) is 31.6 Å². The highest BCUT2D eigenvalue weighted by molar-refractivity contribution is 6.31. The molecule has 3 aromatic rings. The van der Waals surface area contributed by atoms with E-state index in [9.17, 15) is 9.18 Å². The van der Waals surface area contributed by atoms with Gasteiger partial charge in [0.1, 0.15) is 23.7 Å². The van der Waals surface area contributed by atoms with Crippen molar-refractivity contribution in [3.8, 4) is 5.75 Å². The molecule has 186 valence electrons. The van der Waals surface area contributed by atoms with Crippen molar-refractivity contribution in [1.82, 2.24) is 15.3 Å². The minimum Gasteiger partial charge on any atom is -0.494 e. The Bertz CT molecular complexity index is 1190. The van der Waals surface area contributed by atoms with Gasteiger partial charge in [-0.1, -0.05) is 17.7 Å². The fourth-order valence-electron chi connectivity index (χ4n) is 3.28. The summed E-state index contributed by atoms with van der Waals surface area (Å²) in [5.41, 5.74) is 1.62. The number of aromatic nitrogens is 2. The second-order valence-corrected chi connectivity index (χ2v) is 8.14. The van der Waals surface area contributed by atoms with Crippen LogP contribution in [0.2, 0.25) is 5.02 Å². The number of carbonyl (C=O) groups is 1. The maximum absolute atomic E-state index is 13.5. The van der Waals surface area contributed by atoms with Gasteiger partial charge in [0, 0.05) is 49.0 Å². The van der Waals surface area contributed by atoms with Crippen LogP contribution in [0.4, 0.5) is 21.6 Å². The Morgan fingerprint density at radius 3 is 2.83 bits per heavy atom. The highest BCUT2D eigenvalue weighted by Crippen LogP contribution is 2.33. The van der Waals surface area contributed by atoms with Crippen LogP contribution in [0.1, 0.15) is 20.3 Å². The summed E-state index contributed by atoms with van der Waals surface area (Å²) in [6.45, 7) is 5.99. The van der Waals surface area contributed by atoms with Gasteiger partial charge in [0.2, 0.25) is 5.91 Å². The number of methoxy groups -OCH3 is 1. The summed E-state index contributed by atoms with van der Waals surface area (Å²) in [4.78, 5) is 21.1. The first-order valence-corrected chi connectivity index (χ1v) is 11.6. The molecule has 0 saturated carbocycles. The van der Waals surface area contributed by atoms with Crippen LogP contribution in [0, 0.1) is 5.82 Å². The quantitative estimate of drug-likeness (QED) is 0.235. The third-order valence-electron chi connectivity index (χ3n) is 5.15. The number of amides is 1. The van der Waals surface area contributed by atoms with E-state index in [2.05, 4.69) is 32.8 Å². The maximum Gasteiger partial charge on any atom is 0.248 e. The average Bonchev–Trinajstić information content (AvgIpc) is 2.84. The lowest BCUT2D eigenvalue weighted by Crippen LogP contribution is -2.27. The van der Waals surface area contributed by atoms with Gasteiger partial charge in [-0.2, -0.15) is 0 Å². The molecular formula is C25H29ClFN5O3. The Morgan fingerprint density at radius 1 is 1.26 bits per heavy atom. The minimum absolute atomic E-state index is 0.00653. The van der Waals surface area contributed by atoms with Gasteiger partial charge in [-0.25, -0.2) is 14.4 Å². The van der Waals surface area contributed by atoms with Crippen molar-refractivity contribution in [3.63, 3.8) is 0 Å². The third kappa shape index (κ3) is 7.61. The predicted octanol–water partition coefficient (Wildman–Crippen LogP) is 5.07. The van der Waals surface area contributed by atoms with Crippen LogP contribution in [0.3, 0.4) is 0 Å². The first-order chi connectivity index (χ1) is 16.9. The van der Waals surface area contributed by atoms with Gasteiger partial charge in [-0.3, -0.25) is 4.79 Å². The van der Waals surface area contributed by atoms with Crippen molar-refractivity contribution in [2.75, 3.05) is 37.5 Å². The Morgan fingerprint density at radius 2 is 2.09 bits per heavy atom. The monoisotopic (exact) mass is 501 g/mol. The highest BCUT2D eigenvalue weighted by atomic mass is 35.5. The molecule has 1 unspecified atom stereocenters. The zero-order chi connectivity index (χ0) is 25.2. The van der Waals surface area contributed by atoms with Gasteiger partial charge in [-0.05, 0) is 44.5 Å². The number of halogens is 2. The van der Waals surface area contributed by atoms with Gasteiger partial charge in [0.25, 0.3) is 0 Å². The van der Waals surface area contributed by atoms with Crippen molar-refractivity contribution in [1.29, 1.82) is 0 Å². The number of ether oxygens (including phenoxy) is 2. The van der Waals surface area contributed by atoms with Crippen LogP contribution >= 0.6 is 11.6 Å². The Balaban J connectivity index is 1.72. The van der Waals surface area contributed by atoms with E-state index in [1.807, 2.05) is 6.92 Å². The van der Waals surface area contributed by atoms with Crippen molar-refractivity contribution in [2.45, 2.75) is 26.3 Å². The largest absolute Gasteiger partial charge is 0.494 e. The summed E-state index contributed by atoms with van der Waals surface area (Å²) in [7, 11) is 1.51. The summed E-state index contributed by atoms with van der Waals surface area (Å²) in [6, 6.07) is 7.99. The van der Waals surface area contributed by atoms with E-state index in [-0.39, 0.29) is 17.0 Å². The molecule has 3 N–H and O–H groups in total. The summed E-state index contributed by atoms with van der Waals surface area (Å²) < 4.78 is 24.3. The average molecular weight is 502 g/mol. The number of nitrogens with zero attached hydrogens (tertiary/aromatic N) is 2. The van der Waals surface area contributed by atoms with Crippen molar-refractivity contribution in [3.05, 3.63) is 59.7 Å². The topological polar surface area (TPSA) is 97.4 Å². The molecule has 0 radical (unpaired) electrons. The van der Waals surface area contributed by atoms with Crippen LogP contribution in [0.15, 0.2) is 48.8 Å². The lowest BCUT2D eigenvalue weighted by molar-refractivity contribution is -0.111. The second kappa shape index (κ2) is 13.0. The number of fused-ring (bicyclic) bond motifs is 1. The van der Waals surface area contributed by atoms with Crippen molar-refractivity contribution in [2.24, 2.45) is 0 Å². The van der Waals surface area contributed by atoms with Gasteiger partial charge in [-0.15, -0.1) is 0 Å². The molecule has 0 fully saturated rings. The summed E-state index contributed by atoms with van der Waals surface area (Å²) in [5, 5.41) is 9.90. The molecule has 1 atom stereocenters. The van der Waals surface area contributed by atoms with Crippen LogP contribution in [-0.2, 0) is 9.53 Å². The Hall–Kier alpha value is -3.27. The van der Waals surface area contributed by atoms with E-state index in [0.29, 0.717) is 53.6 Å². The van der Waals surface area contributed by atoms with Gasteiger partial charge < -0.3 is 25.4 Å². The normalized spacial score (nSPS) is 12.1. The smallest absolute Gasteiger partial charge is 0.248 e. The van der Waals surface area contributed by atoms with E-state index in [4.69, 9.17) is 21.1 Å². The first-order valence-electron chi connectivity index (χ1n) is 11.2. The Labute approximate surface area is 208 Å². The maximum atomic E-state index is 13.5. The predicted molar refractivity (Wildman–Crippen MR) is 137 cm³/mol. The molecule has 0 aliphatic carbocycles. The molecule has 1 aromatic heterocycles. The zero-order valence-corrected chi connectivity index (χ0v) is 20.7. The molecule has 1 heterocycles. The van der Waals surface area contributed by atoms with E-state index >= 15 is 0 Å². The minimum atomic E-state index is -0.511. The van der Waals surface area contributed by atoms with Crippen molar-refractivity contribution >= 4 is 45.6 Å². The summed E-state index contributed by atoms with van der Waals surface area (Å²) in [5.74, 6) is 0.110. The highest BCUT2D eigenvalue weighted by Gasteiger charge is 2.13. The number of hydrogen-bond acceptors (Lipinski definition) is 7. The van der Waals surface area contributed by atoms with Gasteiger partial charge in [0.05, 0.1) is 23.3 Å². The van der Waals surface area contributed by atoms with Gasteiger partial charge >= 0.3 is 0 Å². The van der Waals surface area contributed by atoms with Crippen LogP contribution < -0.4 is 20.7 Å². The molecule has 0 bridgehead atoms. The SMILES string of the molecule is CCOCCC(C)NC/C=C/C(=O)Nc1cc2c(Nc3ccc(F)c(Cl)c3)ncnc2cc1OC. The summed E-state index contributed by atoms with van der Waals surface area (Å²) in [6.07, 6.45) is 5.52. The first kappa shape index (κ1) is 26.3. The number of anilines is 3. The molecule has 0 saturated heterocycles. The number of nitrogens with one attached hydrogen (secondary N) is 3. The molecular weight excluding hydrogens is 473 g/mol. The third-order valence-corrected chi connectivity index (χ3v) is 5.44. The fourth-order valence-corrected chi connectivity index (χ4v) is 3.46. The van der Waals surface area contributed by atoms with Crippen LogP contribution in [0.5, 0.6) is 5.75 Å². The molecule has 10 heteroatoms. The van der Waals surface area contributed by atoms with E-state index in [1.54, 1.807) is 24.3 Å². The molecule has 35 heavy (non-hydrogen) atoms. The Kier molecular flexibility index (Phi) is 9.77. The zero-order valence-electron chi connectivity index (χ0n) is 19.9. The second-order valence-electron chi connectivity index (χ2n) is 7.73. The van der Waals surface area contributed by atoms with E-state index < -0.39 is 5.82 Å². The number of hydrogen-bond donors (Lipinski definition) is 3. The molecule has 0 aliphatic heterocycles. The molecule has 3 rings (SSSR count). The van der Waals surface area contributed by atoms with Crippen LogP contribution in [-0.4, -0.2) is 48.8 Å². The molecule has 0 spiro atoms. The standard InChI is InChI=1S/C25H29ClFN5O3/c1-4-35-11-9-16(2)28-10-5-6-24(33)32-22-13-18-21(14-23(22)34-3)29-15-30-25(18)31-17-7-8-20(27)19(26)12-17/h5-8,12-16,28H,4,9-11H2,1-3H3,(H,32,33)(H,29,30,31)/b6-5+. The lowest BCUT2D eigenvalue weighted by atomic mass is 10.1. The van der Waals surface area contributed by atoms with Gasteiger partial charge in [0.15, 0.2) is 0 Å². The summed E-state index contributed by atoms with van der Waals surface area (Å²) >= 11 is 5.89. The molecule has 8 nitrogen and oxygen atoms in total. The molecule has 0 aliphatic rings. The number of rotatable bonds is 12. The molecule has 1 amide bonds. The lowest BCUT2D eigenvalue weighted by Gasteiger charge is -2.13. The van der Waals surface area contributed by atoms with E-state index in [0.717, 1.165) is 6.42 Å². The van der Waals surface area contributed by atoms with Crippen molar-refractivity contribution < 1.29 is 18.7 Å². The number of benzene rings is 2. The molecule has 2 aromatic carbocycles. The fraction of sp³-hybridized carbons (Fsp3) is 0.320.